The molecule has 0 aliphatic heterocycles. The van der Waals surface area contributed by atoms with Gasteiger partial charge in [0.2, 0.25) is 0 Å². The maximum absolute atomic E-state index is 11.8. The summed E-state index contributed by atoms with van der Waals surface area (Å²) in [6.07, 6.45) is -0.590. The highest BCUT2D eigenvalue weighted by Crippen LogP contribution is 2.19. The molecule has 1 aromatic rings. The summed E-state index contributed by atoms with van der Waals surface area (Å²) in [5.74, 6) is -0.408. The van der Waals surface area contributed by atoms with Crippen molar-refractivity contribution in [3.05, 3.63) is 29.8 Å². The van der Waals surface area contributed by atoms with Crippen LogP contribution < -0.4 is 10.1 Å². The molecular formula is C18H27NO5. The van der Waals surface area contributed by atoms with Crippen LogP contribution in [-0.4, -0.2) is 34.4 Å². The Labute approximate surface area is 143 Å². The third-order valence-corrected chi connectivity index (χ3v) is 2.78. The average molecular weight is 337 g/mol. The van der Waals surface area contributed by atoms with Gasteiger partial charge in [0.05, 0.1) is 0 Å². The predicted octanol–water partition coefficient (Wildman–Crippen LogP) is 3.38. The number of hydrogen-bond acceptors (Lipinski definition) is 4. The number of carbonyl (C=O) groups excluding carboxylic acids is 1. The van der Waals surface area contributed by atoms with Crippen molar-refractivity contribution in [2.24, 2.45) is 0 Å². The summed E-state index contributed by atoms with van der Waals surface area (Å²) < 4.78 is 10.8. The quantitative estimate of drug-likeness (QED) is 0.860. The second kappa shape index (κ2) is 7.55. The van der Waals surface area contributed by atoms with E-state index in [1.165, 1.54) is 0 Å². The summed E-state index contributed by atoms with van der Waals surface area (Å²) in [6.45, 7) is 11.0. The number of nitrogens with one attached hydrogen (secondary N) is 1. The first kappa shape index (κ1) is 19.8. The number of carboxylic acid groups (broad SMARTS) is 1. The summed E-state index contributed by atoms with van der Waals surface area (Å²) in [4.78, 5) is 23.1. The van der Waals surface area contributed by atoms with Crippen molar-refractivity contribution in [2.45, 2.75) is 65.2 Å². The van der Waals surface area contributed by atoms with E-state index in [0.29, 0.717) is 5.75 Å². The normalized spacial score (nSPS) is 13.1. The Bertz CT molecular complexity index is 567. The summed E-state index contributed by atoms with van der Waals surface area (Å²) in [6, 6.07) is 6.08. The topological polar surface area (TPSA) is 84.9 Å². The minimum absolute atomic E-state index is 0.157. The van der Waals surface area contributed by atoms with Crippen LogP contribution in [0.15, 0.2) is 24.3 Å². The van der Waals surface area contributed by atoms with Crippen LogP contribution in [0.4, 0.5) is 4.79 Å². The van der Waals surface area contributed by atoms with Gasteiger partial charge in [0.1, 0.15) is 23.0 Å². The van der Waals surface area contributed by atoms with Crippen LogP contribution in [0.25, 0.3) is 0 Å². The first-order valence-corrected chi connectivity index (χ1v) is 7.86. The molecule has 6 heteroatoms. The highest BCUT2D eigenvalue weighted by molar-refractivity contribution is 5.80. The molecule has 2 N–H and O–H groups in total. The van der Waals surface area contributed by atoms with E-state index in [2.05, 4.69) is 5.32 Å². The molecule has 6 nitrogen and oxygen atoms in total. The van der Waals surface area contributed by atoms with Gasteiger partial charge in [-0.15, -0.1) is 0 Å². The highest BCUT2D eigenvalue weighted by Gasteiger charge is 2.24. The summed E-state index contributed by atoms with van der Waals surface area (Å²) in [5, 5.41) is 11.7. The molecule has 1 aromatic carbocycles. The molecule has 134 valence electrons. The van der Waals surface area contributed by atoms with Gasteiger partial charge < -0.3 is 19.9 Å². The molecule has 0 spiro atoms. The van der Waals surface area contributed by atoms with Gasteiger partial charge in [-0.05, 0) is 59.2 Å². The summed E-state index contributed by atoms with van der Waals surface area (Å²) in [7, 11) is 0. The highest BCUT2D eigenvalue weighted by atomic mass is 16.6. The molecule has 0 aliphatic rings. The molecule has 0 aromatic heterocycles. The van der Waals surface area contributed by atoms with Gasteiger partial charge in [-0.1, -0.05) is 12.1 Å². The van der Waals surface area contributed by atoms with Crippen LogP contribution >= 0.6 is 0 Å². The van der Waals surface area contributed by atoms with E-state index in [1.807, 2.05) is 20.8 Å². The molecule has 0 aliphatic carbocycles. The van der Waals surface area contributed by atoms with E-state index >= 15 is 0 Å². The molecule has 24 heavy (non-hydrogen) atoms. The minimum Gasteiger partial charge on any atom is -0.488 e. The lowest BCUT2D eigenvalue weighted by Gasteiger charge is -2.22. The van der Waals surface area contributed by atoms with Crippen molar-refractivity contribution in [2.75, 3.05) is 0 Å². The van der Waals surface area contributed by atoms with E-state index in [4.69, 9.17) is 9.47 Å². The second-order valence-electron chi connectivity index (χ2n) is 7.60. The van der Waals surface area contributed by atoms with Crippen molar-refractivity contribution in [3.8, 4) is 5.75 Å². The van der Waals surface area contributed by atoms with E-state index in [1.54, 1.807) is 45.0 Å². The fraction of sp³-hybridized carbons (Fsp3) is 0.556. The van der Waals surface area contributed by atoms with Crippen LogP contribution in [0.3, 0.4) is 0 Å². The molecule has 1 amide bonds. The molecule has 0 heterocycles. The molecule has 1 atom stereocenters. The zero-order chi connectivity index (χ0) is 18.5. The number of aliphatic carboxylic acids is 1. The second-order valence-corrected chi connectivity index (χ2v) is 7.60. The van der Waals surface area contributed by atoms with Gasteiger partial charge in [0, 0.05) is 6.42 Å². The van der Waals surface area contributed by atoms with Crippen LogP contribution in [0, 0.1) is 0 Å². The maximum Gasteiger partial charge on any atom is 0.408 e. The Kier molecular flexibility index (Phi) is 6.23. The number of alkyl carbamates (subject to hydrolysis) is 1. The first-order chi connectivity index (χ1) is 10.9. The Balaban J connectivity index is 2.72. The number of hydrogen-bond donors (Lipinski definition) is 2. The molecule has 1 rings (SSSR count). The van der Waals surface area contributed by atoms with Crippen LogP contribution in [0.2, 0.25) is 0 Å². The molecule has 0 saturated carbocycles. The number of carbonyl (C=O) groups is 2. The predicted molar refractivity (Wildman–Crippen MR) is 91.3 cm³/mol. The maximum atomic E-state index is 11.8. The Morgan fingerprint density at radius 1 is 1.04 bits per heavy atom. The number of ether oxygens (including phenoxy) is 2. The number of benzene rings is 1. The Morgan fingerprint density at radius 2 is 1.58 bits per heavy atom. The molecular weight excluding hydrogens is 310 g/mol. The fourth-order valence-corrected chi connectivity index (χ4v) is 1.93. The van der Waals surface area contributed by atoms with Crippen molar-refractivity contribution >= 4 is 12.1 Å². The third-order valence-electron chi connectivity index (χ3n) is 2.78. The monoisotopic (exact) mass is 337 g/mol. The van der Waals surface area contributed by atoms with Gasteiger partial charge in [0.25, 0.3) is 0 Å². The zero-order valence-corrected chi connectivity index (χ0v) is 15.2. The van der Waals surface area contributed by atoms with Crippen molar-refractivity contribution < 1.29 is 24.2 Å². The summed E-state index contributed by atoms with van der Waals surface area (Å²) in [5.41, 5.74) is -0.206. The number of amides is 1. The number of rotatable bonds is 5. The fourth-order valence-electron chi connectivity index (χ4n) is 1.93. The lowest BCUT2D eigenvalue weighted by Crippen LogP contribution is -2.44. The standard InChI is InChI=1S/C18H27NO5/c1-17(2,3)23-13-9-7-12(8-10-13)11-14(15(20)21)19-16(22)24-18(4,5)6/h7-10,14H,11H2,1-6H3,(H,19,22)(H,20,21)/t14-/m1/s1. The summed E-state index contributed by atoms with van der Waals surface area (Å²) >= 11 is 0. The molecule has 0 radical (unpaired) electrons. The van der Waals surface area contributed by atoms with E-state index in [-0.39, 0.29) is 12.0 Å². The van der Waals surface area contributed by atoms with Crippen LogP contribution in [-0.2, 0) is 16.0 Å². The van der Waals surface area contributed by atoms with Gasteiger partial charge in [0.15, 0.2) is 0 Å². The van der Waals surface area contributed by atoms with Crippen molar-refractivity contribution in [3.63, 3.8) is 0 Å². The molecule has 0 fully saturated rings. The van der Waals surface area contributed by atoms with Crippen molar-refractivity contribution in [1.82, 2.24) is 5.32 Å². The van der Waals surface area contributed by atoms with Gasteiger partial charge >= 0.3 is 12.1 Å². The van der Waals surface area contributed by atoms with E-state index < -0.39 is 23.7 Å². The van der Waals surface area contributed by atoms with Gasteiger partial charge in [-0.2, -0.15) is 0 Å². The van der Waals surface area contributed by atoms with E-state index in [9.17, 15) is 14.7 Å². The van der Waals surface area contributed by atoms with Gasteiger partial charge in [-0.25, -0.2) is 9.59 Å². The smallest absolute Gasteiger partial charge is 0.408 e. The first-order valence-electron chi connectivity index (χ1n) is 7.86. The Morgan fingerprint density at radius 3 is 2.00 bits per heavy atom. The van der Waals surface area contributed by atoms with Crippen LogP contribution in [0.1, 0.15) is 47.1 Å². The third kappa shape index (κ3) is 7.85. The lowest BCUT2D eigenvalue weighted by atomic mass is 10.1. The molecule has 0 unspecified atom stereocenters. The minimum atomic E-state index is -1.11. The van der Waals surface area contributed by atoms with Crippen molar-refractivity contribution in [1.29, 1.82) is 0 Å². The van der Waals surface area contributed by atoms with Crippen LogP contribution in [0.5, 0.6) is 5.75 Å². The molecule has 0 saturated heterocycles. The van der Waals surface area contributed by atoms with E-state index in [0.717, 1.165) is 5.56 Å². The average Bonchev–Trinajstić information content (AvgIpc) is 2.36. The number of carboxylic acids is 1. The molecule has 0 bridgehead atoms. The lowest BCUT2D eigenvalue weighted by molar-refractivity contribution is -0.139. The van der Waals surface area contributed by atoms with Gasteiger partial charge in [-0.3, -0.25) is 0 Å². The zero-order valence-electron chi connectivity index (χ0n) is 15.2. The Hall–Kier alpha value is -2.24. The largest absolute Gasteiger partial charge is 0.488 e. The SMILES string of the molecule is CC(C)(C)OC(=O)N[C@H](Cc1ccc(OC(C)(C)C)cc1)C(=O)O.